The SMILES string of the molecule is C=C1CCN2CCC[C@@]12CC(C)(C)C. The molecular weight excluding hydrogens is 170 g/mol. The lowest BCUT2D eigenvalue weighted by atomic mass is 9.75. The maximum absolute atomic E-state index is 4.31. The average molecular weight is 193 g/mol. The predicted molar refractivity (Wildman–Crippen MR) is 61.4 cm³/mol. The summed E-state index contributed by atoms with van der Waals surface area (Å²) in [5, 5.41) is 0. The van der Waals surface area contributed by atoms with E-state index in [4.69, 9.17) is 0 Å². The van der Waals surface area contributed by atoms with Crippen LogP contribution in [0, 0.1) is 5.41 Å². The first-order chi connectivity index (χ1) is 6.44. The predicted octanol–water partition coefficient (Wildman–Crippen LogP) is 3.22. The van der Waals surface area contributed by atoms with E-state index in [9.17, 15) is 0 Å². The summed E-state index contributed by atoms with van der Waals surface area (Å²) in [6.45, 7) is 13.9. The van der Waals surface area contributed by atoms with E-state index < -0.39 is 0 Å². The minimum absolute atomic E-state index is 0.387. The number of fused-ring (bicyclic) bond motifs is 1. The second-order valence-corrected chi connectivity index (χ2v) is 6.21. The quantitative estimate of drug-likeness (QED) is 0.578. The minimum Gasteiger partial charge on any atom is -0.294 e. The normalized spacial score (nSPS) is 33.8. The molecule has 1 heteroatoms. The molecule has 2 heterocycles. The van der Waals surface area contributed by atoms with Gasteiger partial charge in [-0.15, -0.1) is 0 Å². The zero-order valence-corrected chi connectivity index (χ0v) is 9.90. The number of hydrogen-bond donors (Lipinski definition) is 0. The summed E-state index contributed by atoms with van der Waals surface area (Å²) in [4.78, 5) is 2.68. The lowest BCUT2D eigenvalue weighted by Crippen LogP contribution is -2.42. The van der Waals surface area contributed by atoms with Crippen molar-refractivity contribution in [3.05, 3.63) is 12.2 Å². The summed E-state index contributed by atoms with van der Waals surface area (Å²) in [7, 11) is 0. The summed E-state index contributed by atoms with van der Waals surface area (Å²) < 4.78 is 0. The maximum atomic E-state index is 4.31. The van der Waals surface area contributed by atoms with Gasteiger partial charge in [0, 0.05) is 12.1 Å². The topological polar surface area (TPSA) is 3.24 Å². The van der Waals surface area contributed by atoms with Crippen LogP contribution >= 0.6 is 0 Å². The number of rotatable bonds is 1. The molecule has 0 amide bonds. The lowest BCUT2D eigenvalue weighted by Gasteiger charge is -2.38. The molecule has 1 atom stereocenters. The van der Waals surface area contributed by atoms with Gasteiger partial charge < -0.3 is 0 Å². The molecule has 0 saturated carbocycles. The Morgan fingerprint density at radius 1 is 1.36 bits per heavy atom. The first-order valence-corrected chi connectivity index (χ1v) is 5.87. The van der Waals surface area contributed by atoms with Gasteiger partial charge in [-0.2, -0.15) is 0 Å². The van der Waals surface area contributed by atoms with E-state index in [2.05, 4.69) is 32.3 Å². The zero-order chi connectivity index (χ0) is 10.4. The first kappa shape index (κ1) is 10.2. The van der Waals surface area contributed by atoms with Gasteiger partial charge in [0.15, 0.2) is 0 Å². The van der Waals surface area contributed by atoms with Crippen molar-refractivity contribution in [2.24, 2.45) is 5.41 Å². The van der Waals surface area contributed by atoms with E-state index >= 15 is 0 Å². The number of nitrogens with zero attached hydrogens (tertiary/aromatic N) is 1. The van der Waals surface area contributed by atoms with E-state index in [1.54, 1.807) is 0 Å². The molecule has 0 N–H and O–H groups in total. The Kier molecular flexibility index (Phi) is 2.26. The molecule has 0 aliphatic carbocycles. The van der Waals surface area contributed by atoms with Gasteiger partial charge in [-0.05, 0) is 37.6 Å². The van der Waals surface area contributed by atoms with E-state index in [0.717, 1.165) is 0 Å². The fraction of sp³-hybridized carbons (Fsp3) is 0.846. The molecule has 1 nitrogen and oxygen atoms in total. The smallest absolute Gasteiger partial charge is 0.0423 e. The van der Waals surface area contributed by atoms with Crippen LogP contribution in [0.3, 0.4) is 0 Å². The Hall–Kier alpha value is -0.300. The van der Waals surface area contributed by atoms with Crippen molar-refractivity contribution in [2.75, 3.05) is 13.1 Å². The Labute approximate surface area is 88.2 Å². The molecule has 0 spiro atoms. The van der Waals surface area contributed by atoms with Gasteiger partial charge in [0.1, 0.15) is 0 Å². The molecule has 2 aliphatic heterocycles. The summed E-state index contributed by atoms with van der Waals surface area (Å²) in [5.41, 5.74) is 2.32. The standard InChI is InChI=1S/C13H23N/c1-11-6-9-14-8-5-7-13(11,14)10-12(2,3)4/h1,5-10H2,2-4H3/t13-/m1/s1. The third-order valence-corrected chi connectivity index (χ3v) is 3.79. The highest BCUT2D eigenvalue weighted by Crippen LogP contribution is 2.48. The van der Waals surface area contributed by atoms with Crippen molar-refractivity contribution in [1.82, 2.24) is 4.90 Å². The van der Waals surface area contributed by atoms with Crippen molar-refractivity contribution >= 4 is 0 Å². The lowest BCUT2D eigenvalue weighted by molar-refractivity contribution is 0.155. The van der Waals surface area contributed by atoms with Crippen molar-refractivity contribution < 1.29 is 0 Å². The molecular formula is C13H23N. The second-order valence-electron chi connectivity index (χ2n) is 6.21. The monoisotopic (exact) mass is 193 g/mol. The van der Waals surface area contributed by atoms with Crippen LogP contribution in [0.2, 0.25) is 0 Å². The van der Waals surface area contributed by atoms with E-state index in [0.29, 0.717) is 11.0 Å². The Balaban J connectivity index is 2.22. The fourth-order valence-corrected chi connectivity index (χ4v) is 3.37. The summed E-state index contributed by atoms with van der Waals surface area (Å²) in [6, 6.07) is 0. The van der Waals surface area contributed by atoms with Gasteiger partial charge in [-0.25, -0.2) is 0 Å². The molecule has 14 heavy (non-hydrogen) atoms. The van der Waals surface area contributed by atoms with Crippen LogP contribution in [0.5, 0.6) is 0 Å². The van der Waals surface area contributed by atoms with Crippen molar-refractivity contribution in [2.45, 2.75) is 52.0 Å². The molecule has 0 aromatic heterocycles. The molecule has 0 aromatic carbocycles. The molecule has 0 aromatic rings. The van der Waals surface area contributed by atoms with E-state index in [1.165, 1.54) is 44.3 Å². The van der Waals surface area contributed by atoms with Gasteiger partial charge >= 0.3 is 0 Å². The van der Waals surface area contributed by atoms with Crippen LogP contribution in [0.25, 0.3) is 0 Å². The average Bonchev–Trinajstić information content (AvgIpc) is 2.51. The first-order valence-electron chi connectivity index (χ1n) is 5.87. The Bertz CT molecular complexity index is 248. The third kappa shape index (κ3) is 1.52. The molecule has 0 bridgehead atoms. The molecule has 80 valence electrons. The highest BCUT2D eigenvalue weighted by molar-refractivity contribution is 5.25. The third-order valence-electron chi connectivity index (χ3n) is 3.79. The van der Waals surface area contributed by atoms with Gasteiger partial charge in [0.05, 0.1) is 0 Å². The van der Waals surface area contributed by atoms with Gasteiger partial charge in [0.2, 0.25) is 0 Å². The van der Waals surface area contributed by atoms with Crippen LogP contribution in [0.4, 0.5) is 0 Å². The molecule has 2 aliphatic rings. The fourth-order valence-electron chi connectivity index (χ4n) is 3.37. The van der Waals surface area contributed by atoms with Crippen LogP contribution in [0.15, 0.2) is 12.2 Å². The summed E-state index contributed by atoms with van der Waals surface area (Å²) >= 11 is 0. The second kappa shape index (κ2) is 3.10. The zero-order valence-electron chi connectivity index (χ0n) is 9.90. The van der Waals surface area contributed by atoms with Crippen LogP contribution in [-0.2, 0) is 0 Å². The Morgan fingerprint density at radius 3 is 2.71 bits per heavy atom. The summed E-state index contributed by atoms with van der Waals surface area (Å²) in [6.07, 6.45) is 5.24. The van der Waals surface area contributed by atoms with Gasteiger partial charge in [-0.1, -0.05) is 32.9 Å². The number of hydrogen-bond acceptors (Lipinski definition) is 1. The highest BCUT2D eigenvalue weighted by Gasteiger charge is 2.48. The largest absolute Gasteiger partial charge is 0.294 e. The molecule has 2 fully saturated rings. The van der Waals surface area contributed by atoms with Crippen molar-refractivity contribution in [1.29, 1.82) is 0 Å². The van der Waals surface area contributed by atoms with Crippen molar-refractivity contribution in [3.63, 3.8) is 0 Å². The van der Waals surface area contributed by atoms with Crippen LogP contribution in [0.1, 0.15) is 46.5 Å². The van der Waals surface area contributed by atoms with E-state index in [-0.39, 0.29) is 0 Å². The van der Waals surface area contributed by atoms with E-state index in [1.807, 2.05) is 0 Å². The van der Waals surface area contributed by atoms with Crippen LogP contribution < -0.4 is 0 Å². The molecule has 0 unspecified atom stereocenters. The summed E-state index contributed by atoms with van der Waals surface area (Å²) in [5.74, 6) is 0. The highest BCUT2D eigenvalue weighted by atomic mass is 15.2. The van der Waals surface area contributed by atoms with Gasteiger partial charge in [0.25, 0.3) is 0 Å². The molecule has 2 rings (SSSR count). The van der Waals surface area contributed by atoms with Gasteiger partial charge in [-0.3, -0.25) is 4.90 Å². The molecule has 0 radical (unpaired) electrons. The Morgan fingerprint density at radius 2 is 2.07 bits per heavy atom. The van der Waals surface area contributed by atoms with Crippen LogP contribution in [-0.4, -0.2) is 23.5 Å². The van der Waals surface area contributed by atoms with Crippen molar-refractivity contribution in [3.8, 4) is 0 Å². The maximum Gasteiger partial charge on any atom is 0.0423 e. The molecule has 2 saturated heterocycles. The minimum atomic E-state index is 0.387.